The number of nitrogens with two attached hydrogens (primary N) is 1. The number of β-amino-alcohol motifs (C(OH)–C–C–N with tert-alkyl or cyclic N) is 1. The minimum Gasteiger partial charge on any atom is -0.453 e. The van der Waals surface area contributed by atoms with Gasteiger partial charge in [-0.05, 0) is 42.3 Å². The minimum atomic E-state index is -0.613. The van der Waals surface area contributed by atoms with Gasteiger partial charge in [0.25, 0.3) is 0 Å². The van der Waals surface area contributed by atoms with Crippen LogP contribution in [-0.4, -0.2) is 46.1 Å². The molecule has 1 aromatic heterocycles. The Morgan fingerprint density at radius 2 is 2.23 bits per heavy atom. The average molecular weight is 357 g/mol. The second-order valence-electron chi connectivity index (χ2n) is 6.21. The van der Waals surface area contributed by atoms with Gasteiger partial charge in [0.2, 0.25) is 5.91 Å². The van der Waals surface area contributed by atoms with E-state index in [1.54, 1.807) is 24.4 Å². The van der Waals surface area contributed by atoms with Crippen molar-refractivity contribution in [2.75, 3.05) is 13.1 Å². The number of carbonyl (C=O) groups is 1. The Bertz CT molecular complexity index is 788. The van der Waals surface area contributed by atoms with Crippen LogP contribution in [0.2, 0.25) is 0 Å². The number of aliphatic hydroxyl groups is 1. The molecule has 1 fully saturated rings. The van der Waals surface area contributed by atoms with Gasteiger partial charge in [0.05, 0.1) is 12.3 Å². The topological polar surface area (TPSA) is 88.7 Å². The first-order valence-electron chi connectivity index (χ1n) is 8.29. The van der Waals surface area contributed by atoms with Gasteiger partial charge in [-0.25, -0.2) is 4.39 Å². The van der Waals surface area contributed by atoms with E-state index in [1.165, 1.54) is 35.4 Å². The SMILES string of the molecule is NC1CC(O)CN(C(=O)/C=C/c2ccc(Oc3cccnc3)c(F)c2)C1. The lowest BCUT2D eigenvalue weighted by Crippen LogP contribution is -2.50. The van der Waals surface area contributed by atoms with Gasteiger partial charge < -0.3 is 20.5 Å². The van der Waals surface area contributed by atoms with Gasteiger partial charge in [-0.3, -0.25) is 9.78 Å². The van der Waals surface area contributed by atoms with E-state index < -0.39 is 11.9 Å². The number of hydrogen-bond acceptors (Lipinski definition) is 5. The summed E-state index contributed by atoms with van der Waals surface area (Å²) in [6, 6.07) is 7.56. The van der Waals surface area contributed by atoms with E-state index in [9.17, 15) is 14.3 Å². The predicted molar refractivity (Wildman–Crippen MR) is 94.9 cm³/mol. The smallest absolute Gasteiger partial charge is 0.246 e. The maximum atomic E-state index is 14.2. The van der Waals surface area contributed by atoms with Gasteiger partial charge in [0.1, 0.15) is 5.75 Å². The van der Waals surface area contributed by atoms with E-state index in [0.29, 0.717) is 24.3 Å². The van der Waals surface area contributed by atoms with Crippen molar-refractivity contribution in [1.82, 2.24) is 9.88 Å². The van der Waals surface area contributed by atoms with Gasteiger partial charge in [-0.2, -0.15) is 0 Å². The lowest BCUT2D eigenvalue weighted by Gasteiger charge is -2.33. The molecule has 2 unspecified atom stereocenters. The van der Waals surface area contributed by atoms with E-state index in [2.05, 4.69) is 4.98 Å². The fourth-order valence-corrected chi connectivity index (χ4v) is 2.80. The van der Waals surface area contributed by atoms with Crippen LogP contribution >= 0.6 is 0 Å². The minimum absolute atomic E-state index is 0.0756. The molecule has 3 N–H and O–H groups in total. The number of pyridine rings is 1. The summed E-state index contributed by atoms with van der Waals surface area (Å²) < 4.78 is 19.6. The number of likely N-dealkylation sites (tertiary alicyclic amines) is 1. The van der Waals surface area contributed by atoms with Crippen LogP contribution in [0.3, 0.4) is 0 Å². The summed E-state index contributed by atoms with van der Waals surface area (Å²) in [6.45, 7) is 0.648. The second-order valence-corrected chi connectivity index (χ2v) is 6.21. The van der Waals surface area contributed by atoms with Crippen LogP contribution in [-0.2, 0) is 4.79 Å². The molecular weight excluding hydrogens is 337 g/mol. The van der Waals surface area contributed by atoms with Gasteiger partial charge in [0, 0.05) is 31.4 Å². The molecule has 1 aliphatic heterocycles. The number of benzene rings is 1. The summed E-state index contributed by atoms with van der Waals surface area (Å²) >= 11 is 0. The molecule has 136 valence electrons. The zero-order valence-electron chi connectivity index (χ0n) is 14.1. The Morgan fingerprint density at radius 3 is 2.92 bits per heavy atom. The molecule has 2 aromatic rings. The normalized spacial score (nSPS) is 20.3. The molecule has 0 bridgehead atoms. The maximum absolute atomic E-state index is 14.2. The summed E-state index contributed by atoms with van der Waals surface area (Å²) in [7, 11) is 0. The Balaban J connectivity index is 1.65. The van der Waals surface area contributed by atoms with Crippen molar-refractivity contribution in [3.8, 4) is 11.5 Å². The van der Waals surface area contributed by atoms with Crippen molar-refractivity contribution in [3.05, 3.63) is 60.2 Å². The van der Waals surface area contributed by atoms with Crippen molar-refractivity contribution >= 4 is 12.0 Å². The van der Waals surface area contributed by atoms with Crippen LogP contribution in [0.25, 0.3) is 6.08 Å². The van der Waals surface area contributed by atoms with Crippen molar-refractivity contribution in [2.45, 2.75) is 18.6 Å². The molecule has 26 heavy (non-hydrogen) atoms. The number of rotatable bonds is 4. The Morgan fingerprint density at radius 1 is 1.38 bits per heavy atom. The number of halogens is 1. The molecule has 7 heteroatoms. The Kier molecular flexibility index (Phi) is 5.60. The highest BCUT2D eigenvalue weighted by Gasteiger charge is 2.25. The monoisotopic (exact) mass is 357 g/mol. The summed E-state index contributed by atoms with van der Waals surface area (Å²) in [5.74, 6) is -0.300. The second kappa shape index (κ2) is 8.07. The van der Waals surface area contributed by atoms with E-state index >= 15 is 0 Å². The van der Waals surface area contributed by atoms with Crippen LogP contribution in [0.15, 0.2) is 48.8 Å². The zero-order chi connectivity index (χ0) is 18.5. The lowest BCUT2D eigenvalue weighted by atomic mass is 10.0. The average Bonchev–Trinajstić information content (AvgIpc) is 2.62. The van der Waals surface area contributed by atoms with Crippen LogP contribution in [0, 0.1) is 5.82 Å². The van der Waals surface area contributed by atoms with E-state index in [1.807, 2.05) is 0 Å². The van der Waals surface area contributed by atoms with Gasteiger partial charge in [-0.1, -0.05) is 6.07 Å². The molecule has 0 aliphatic carbocycles. The van der Waals surface area contributed by atoms with Crippen LogP contribution in [0.5, 0.6) is 11.5 Å². The highest BCUT2D eigenvalue weighted by Crippen LogP contribution is 2.25. The molecular formula is C19H20FN3O3. The predicted octanol–water partition coefficient (Wildman–Crippen LogP) is 1.95. The van der Waals surface area contributed by atoms with Gasteiger partial charge in [0.15, 0.2) is 11.6 Å². The van der Waals surface area contributed by atoms with E-state index in [-0.39, 0.29) is 24.2 Å². The fraction of sp³-hybridized carbons (Fsp3) is 0.263. The molecule has 0 radical (unpaired) electrons. The lowest BCUT2D eigenvalue weighted by molar-refractivity contribution is -0.129. The van der Waals surface area contributed by atoms with Crippen LogP contribution in [0.4, 0.5) is 4.39 Å². The van der Waals surface area contributed by atoms with E-state index in [0.717, 1.165) is 0 Å². The number of ether oxygens (including phenoxy) is 1. The summed E-state index contributed by atoms with van der Waals surface area (Å²) in [4.78, 5) is 17.6. The van der Waals surface area contributed by atoms with Crippen molar-refractivity contribution in [1.29, 1.82) is 0 Å². The first kappa shape index (κ1) is 18.0. The third-order valence-electron chi connectivity index (χ3n) is 4.01. The molecule has 1 aromatic carbocycles. The van der Waals surface area contributed by atoms with Crippen molar-refractivity contribution < 1.29 is 19.0 Å². The van der Waals surface area contributed by atoms with Crippen LogP contribution in [0.1, 0.15) is 12.0 Å². The fourth-order valence-electron chi connectivity index (χ4n) is 2.80. The number of hydrogen-bond donors (Lipinski definition) is 2. The first-order chi connectivity index (χ1) is 12.5. The third kappa shape index (κ3) is 4.65. The standard InChI is InChI=1S/C19H20FN3O3/c20-17-8-13(3-5-18(17)26-16-2-1-7-22-10-16)4-6-19(25)23-11-14(21)9-15(24)12-23/h1-8,10,14-15,24H,9,11-12,21H2/b6-4+. The number of nitrogens with zero attached hydrogens (tertiary/aromatic N) is 2. The van der Waals surface area contributed by atoms with E-state index in [4.69, 9.17) is 10.5 Å². The summed E-state index contributed by atoms with van der Waals surface area (Å²) in [6.07, 6.45) is 5.83. The molecule has 0 saturated carbocycles. The highest BCUT2D eigenvalue weighted by molar-refractivity contribution is 5.91. The highest BCUT2D eigenvalue weighted by atomic mass is 19.1. The zero-order valence-corrected chi connectivity index (χ0v) is 14.1. The Hall–Kier alpha value is -2.77. The molecule has 1 aliphatic rings. The molecule has 1 saturated heterocycles. The largest absolute Gasteiger partial charge is 0.453 e. The number of carbonyl (C=O) groups excluding carboxylic acids is 1. The third-order valence-corrected chi connectivity index (χ3v) is 4.01. The van der Waals surface area contributed by atoms with Crippen molar-refractivity contribution in [3.63, 3.8) is 0 Å². The number of aromatic nitrogens is 1. The van der Waals surface area contributed by atoms with Gasteiger partial charge >= 0.3 is 0 Å². The number of aliphatic hydroxyl groups excluding tert-OH is 1. The quantitative estimate of drug-likeness (QED) is 0.817. The van der Waals surface area contributed by atoms with Crippen LogP contribution < -0.4 is 10.5 Å². The summed E-state index contributed by atoms with van der Waals surface area (Å²) in [5, 5.41) is 9.71. The molecule has 2 heterocycles. The maximum Gasteiger partial charge on any atom is 0.246 e. The molecule has 3 rings (SSSR count). The molecule has 6 nitrogen and oxygen atoms in total. The summed E-state index contributed by atoms with van der Waals surface area (Å²) in [5.41, 5.74) is 6.34. The number of piperidine rings is 1. The molecule has 0 spiro atoms. The Labute approximate surface area is 150 Å². The van der Waals surface area contributed by atoms with Crippen molar-refractivity contribution in [2.24, 2.45) is 5.73 Å². The first-order valence-corrected chi connectivity index (χ1v) is 8.29. The number of amides is 1. The molecule has 1 amide bonds. The van der Waals surface area contributed by atoms with Gasteiger partial charge in [-0.15, -0.1) is 0 Å². The molecule has 2 atom stereocenters.